The second-order valence-electron chi connectivity index (χ2n) is 5.43. The fourth-order valence-electron chi connectivity index (χ4n) is 1.99. The highest BCUT2D eigenvalue weighted by Gasteiger charge is 2.17. The van der Waals surface area contributed by atoms with Gasteiger partial charge in [-0.05, 0) is 18.9 Å². The van der Waals surface area contributed by atoms with Gasteiger partial charge in [-0.3, -0.25) is 4.79 Å². The van der Waals surface area contributed by atoms with Crippen molar-refractivity contribution in [2.75, 3.05) is 19.4 Å². The number of anilines is 1. The number of rotatable bonds is 4. The SMILES string of the molecule is CC(Nc1nccn2nc(C(C)C)cc12)C(=O)N(C)C. The number of hydrogen-bond donors (Lipinski definition) is 1. The monoisotopic (exact) mass is 275 g/mol. The minimum atomic E-state index is -0.332. The van der Waals surface area contributed by atoms with E-state index in [1.807, 2.05) is 19.2 Å². The van der Waals surface area contributed by atoms with Crippen molar-refractivity contribution < 1.29 is 4.79 Å². The molecule has 0 aromatic carbocycles. The minimum Gasteiger partial charge on any atom is -0.357 e. The third kappa shape index (κ3) is 2.74. The predicted octanol–water partition coefficient (Wildman–Crippen LogP) is 1.74. The summed E-state index contributed by atoms with van der Waals surface area (Å²) in [5.74, 6) is 1.04. The lowest BCUT2D eigenvalue weighted by atomic mass is 10.1. The first kappa shape index (κ1) is 14.3. The van der Waals surface area contributed by atoms with Crippen molar-refractivity contribution >= 4 is 17.2 Å². The van der Waals surface area contributed by atoms with Crippen molar-refractivity contribution in [1.29, 1.82) is 0 Å². The molecule has 0 saturated carbocycles. The van der Waals surface area contributed by atoms with Crippen molar-refractivity contribution in [1.82, 2.24) is 19.5 Å². The van der Waals surface area contributed by atoms with Gasteiger partial charge in [-0.2, -0.15) is 5.10 Å². The average molecular weight is 275 g/mol. The van der Waals surface area contributed by atoms with Crippen LogP contribution in [0.1, 0.15) is 32.4 Å². The normalized spacial score (nSPS) is 12.7. The zero-order valence-corrected chi connectivity index (χ0v) is 12.6. The zero-order valence-electron chi connectivity index (χ0n) is 12.6. The van der Waals surface area contributed by atoms with Crippen molar-refractivity contribution in [3.63, 3.8) is 0 Å². The van der Waals surface area contributed by atoms with Gasteiger partial charge in [-0.15, -0.1) is 0 Å². The minimum absolute atomic E-state index is 0.0115. The van der Waals surface area contributed by atoms with E-state index in [2.05, 4.69) is 29.2 Å². The van der Waals surface area contributed by atoms with Crippen LogP contribution in [0, 0.1) is 0 Å². The Labute approximate surface area is 118 Å². The van der Waals surface area contributed by atoms with Gasteiger partial charge in [-0.25, -0.2) is 9.50 Å². The van der Waals surface area contributed by atoms with Crippen molar-refractivity contribution in [2.45, 2.75) is 32.7 Å². The quantitative estimate of drug-likeness (QED) is 0.923. The first-order chi connectivity index (χ1) is 9.40. The van der Waals surface area contributed by atoms with E-state index < -0.39 is 0 Å². The summed E-state index contributed by atoms with van der Waals surface area (Å²) >= 11 is 0. The summed E-state index contributed by atoms with van der Waals surface area (Å²) in [6, 6.07) is 1.67. The summed E-state index contributed by atoms with van der Waals surface area (Å²) in [5, 5.41) is 7.66. The summed E-state index contributed by atoms with van der Waals surface area (Å²) in [7, 11) is 3.48. The van der Waals surface area contributed by atoms with E-state index in [9.17, 15) is 4.79 Å². The lowest BCUT2D eigenvalue weighted by Crippen LogP contribution is -2.36. The number of carbonyl (C=O) groups excluding carboxylic acids is 1. The number of likely N-dealkylation sites (N-methyl/N-ethyl adjacent to an activating group) is 1. The molecule has 1 atom stereocenters. The maximum absolute atomic E-state index is 11.9. The van der Waals surface area contributed by atoms with Crippen molar-refractivity contribution in [3.8, 4) is 0 Å². The number of nitrogens with one attached hydrogen (secondary N) is 1. The van der Waals surface area contributed by atoms with Crippen LogP contribution in [0.5, 0.6) is 0 Å². The molecule has 2 aromatic heterocycles. The molecule has 20 heavy (non-hydrogen) atoms. The molecule has 0 aliphatic heterocycles. The lowest BCUT2D eigenvalue weighted by molar-refractivity contribution is -0.129. The van der Waals surface area contributed by atoms with E-state index in [0.717, 1.165) is 11.2 Å². The first-order valence-electron chi connectivity index (χ1n) is 6.72. The Balaban J connectivity index is 2.32. The van der Waals surface area contributed by atoms with Crippen LogP contribution >= 0.6 is 0 Å². The van der Waals surface area contributed by atoms with Crippen LogP contribution in [0.3, 0.4) is 0 Å². The summed E-state index contributed by atoms with van der Waals surface area (Å²) in [6.07, 6.45) is 3.49. The van der Waals surface area contributed by atoms with Gasteiger partial charge >= 0.3 is 0 Å². The molecule has 6 heteroatoms. The number of fused-ring (bicyclic) bond motifs is 1. The molecule has 2 rings (SSSR count). The van der Waals surface area contributed by atoms with E-state index in [1.165, 1.54) is 0 Å². The molecule has 0 saturated heterocycles. The average Bonchev–Trinajstić information content (AvgIpc) is 2.82. The van der Waals surface area contributed by atoms with Crippen LogP contribution in [-0.4, -0.2) is 45.5 Å². The molecule has 2 heterocycles. The van der Waals surface area contributed by atoms with Gasteiger partial charge in [0.2, 0.25) is 5.91 Å². The van der Waals surface area contributed by atoms with Gasteiger partial charge in [0.1, 0.15) is 11.6 Å². The maximum atomic E-state index is 11.9. The molecular weight excluding hydrogens is 254 g/mol. The Morgan fingerprint density at radius 1 is 1.35 bits per heavy atom. The van der Waals surface area contributed by atoms with E-state index in [-0.39, 0.29) is 11.9 Å². The van der Waals surface area contributed by atoms with Gasteiger partial charge in [0, 0.05) is 26.5 Å². The first-order valence-corrected chi connectivity index (χ1v) is 6.72. The Kier molecular flexibility index (Phi) is 3.92. The molecule has 108 valence electrons. The lowest BCUT2D eigenvalue weighted by Gasteiger charge is -2.18. The summed E-state index contributed by atoms with van der Waals surface area (Å²) in [5.41, 5.74) is 1.89. The number of aromatic nitrogens is 3. The van der Waals surface area contributed by atoms with Gasteiger partial charge in [0.25, 0.3) is 0 Å². The summed E-state index contributed by atoms with van der Waals surface area (Å²) in [4.78, 5) is 17.8. The van der Waals surface area contributed by atoms with E-state index in [1.54, 1.807) is 29.7 Å². The van der Waals surface area contributed by atoms with Crippen LogP contribution in [0.25, 0.3) is 5.52 Å². The molecule has 0 radical (unpaired) electrons. The van der Waals surface area contributed by atoms with Gasteiger partial charge in [0.05, 0.1) is 5.69 Å². The molecule has 1 N–H and O–H groups in total. The number of nitrogens with zero attached hydrogens (tertiary/aromatic N) is 4. The molecule has 0 fully saturated rings. The summed E-state index contributed by atoms with van der Waals surface area (Å²) < 4.78 is 1.79. The maximum Gasteiger partial charge on any atom is 0.244 e. The molecule has 0 spiro atoms. The highest BCUT2D eigenvalue weighted by Crippen LogP contribution is 2.20. The van der Waals surface area contributed by atoms with Crippen molar-refractivity contribution in [2.24, 2.45) is 0 Å². The number of amides is 1. The molecule has 0 aliphatic rings. The Morgan fingerprint density at radius 2 is 2.05 bits per heavy atom. The summed E-state index contributed by atoms with van der Waals surface area (Å²) in [6.45, 7) is 6.02. The molecule has 6 nitrogen and oxygen atoms in total. The largest absolute Gasteiger partial charge is 0.357 e. The third-order valence-electron chi connectivity index (χ3n) is 3.16. The van der Waals surface area contributed by atoms with E-state index in [4.69, 9.17) is 0 Å². The molecule has 0 bridgehead atoms. The molecular formula is C14H21N5O. The second-order valence-corrected chi connectivity index (χ2v) is 5.43. The van der Waals surface area contributed by atoms with E-state index >= 15 is 0 Å². The van der Waals surface area contributed by atoms with Crippen LogP contribution in [0.2, 0.25) is 0 Å². The topological polar surface area (TPSA) is 62.5 Å². The van der Waals surface area contributed by atoms with Crippen LogP contribution in [0.4, 0.5) is 5.82 Å². The predicted molar refractivity (Wildman–Crippen MR) is 78.9 cm³/mol. The standard InChI is InChI=1S/C14H21N5O/c1-9(2)11-8-12-13(15-6-7-19(12)17-11)16-10(3)14(20)18(4)5/h6-10H,1-5H3,(H,15,16). The molecule has 0 aliphatic carbocycles. The molecule has 2 aromatic rings. The highest BCUT2D eigenvalue weighted by molar-refractivity contribution is 5.85. The Hall–Kier alpha value is -2.11. The van der Waals surface area contributed by atoms with Gasteiger partial charge < -0.3 is 10.2 Å². The highest BCUT2D eigenvalue weighted by atomic mass is 16.2. The smallest absolute Gasteiger partial charge is 0.244 e. The molecule has 1 amide bonds. The van der Waals surface area contributed by atoms with Gasteiger partial charge in [-0.1, -0.05) is 13.8 Å². The second kappa shape index (κ2) is 5.48. The van der Waals surface area contributed by atoms with Crippen LogP contribution < -0.4 is 5.32 Å². The number of carbonyl (C=O) groups is 1. The molecule has 1 unspecified atom stereocenters. The Bertz CT molecular complexity index is 617. The zero-order chi connectivity index (χ0) is 14.9. The number of hydrogen-bond acceptors (Lipinski definition) is 4. The van der Waals surface area contributed by atoms with Gasteiger partial charge in [0.15, 0.2) is 5.82 Å². The fourth-order valence-corrected chi connectivity index (χ4v) is 1.99. The van der Waals surface area contributed by atoms with Crippen LogP contribution in [-0.2, 0) is 4.79 Å². The third-order valence-corrected chi connectivity index (χ3v) is 3.16. The fraction of sp³-hybridized carbons (Fsp3) is 0.500. The Morgan fingerprint density at radius 3 is 2.65 bits per heavy atom. The van der Waals surface area contributed by atoms with Crippen LogP contribution in [0.15, 0.2) is 18.5 Å². The van der Waals surface area contributed by atoms with E-state index in [0.29, 0.717) is 11.7 Å². The van der Waals surface area contributed by atoms with Crippen molar-refractivity contribution in [3.05, 3.63) is 24.2 Å².